The molecule has 0 bridgehead atoms. The third kappa shape index (κ3) is 6.03. The van der Waals surface area contributed by atoms with Crippen LogP contribution < -0.4 is 10.0 Å². The number of carbonyl (C=O) groups is 1. The Labute approximate surface area is 195 Å². The summed E-state index contributed by atoms with van der Waals surface area (Å²) in [6, 6.07) is 6.07. The number of amides is 1. The van der Waals surface area contributed by atoms with Gasteiger partial charge in [0.1, 0.15) is 5.82 Å². The van der Waals surface area contributed by atoms with Crippen molar-refractivity contribution in [2.75, 3.05) is 19.6 Å². The second kappa shape index (κ2) is 10.3. The summed E-state index contributed by atoms with van der Waals surface area (Å²) in [7, 11) is -7.47. The van der Waals surface area contributed by atoms with Gasteiger partial charge in [-0.2, -0.15) is 4.31 Å². The molecule has 184 valence electrons. The highest BCUT2D eigenvalue weighted by Gasteiger charge is 2.33. The Morgan fingerprint density at radius 3 is 2.35 bits per heavy atom. The first-order valence-corrected chi connectivity index (χ1v) is 13.1. The number of rotatable bonds is 9. The van der Waals surface area contributed by atoms with Gasteiger partial charge >= 0.3 is 0 Å². The van der Waals surface area contributed by atoms with Gasteiger partial charge in [0.15, 0.2) is 11.6 Å². The Kier molecular flexibility index (Phi) is 7.81. The van der Waals surface area contributed by atoms with Crippen LogP contribution in [0.2, 0.25) is 0 Å². The number of hydrogen-bond donors (Lipinski definition) is 2. The van der Waals surface area contributed by atoms with Crippen LogP contribution in [0.3, 0.4) is 0 Å². The molecule has 1 aliphatic rings. The molecule has 3 rings (SSSR count). The van der Waals surface area contributed by atoms with Crippen molar-refractivity contribution in [2.24, 2.45) is 5.92 Å². The number of hydrogen-bond acceptors (Lipinski definition) is 5. The van der Waals surface area contributed by atoms with E-state index in [1.807, 2.05) is 0 Å². The maximum atomic E-state index is 13.7. The average Bonchev–Trinajstić information content (AvgIpc) is 3.29. The smallest absolute Gasteiger partial charge is 0.251 e. The van der Waals surface area contributed by atoms with Crippen LogP contribution in [-0.2, 0) is 26.6 Å². The Balaban J connectivity index is 1.61. The van der Waals surface area contributed by atoms with Crippen LogP contribution in [-0.4, -0.2) is 46.7 Å². The predicted molar refractivity (Wildman–Crippen MR) is 118 cm³/mol. The Hall–Kier alpha value is -2.74. The maximum absolute atomic E-state index is 13.7. The van der Waals surface area contributed by atoms with Crippen LogP contribution in [0, 0.1) is 23.4 Å². The quantitative estimate of drug-likeness (QED) is 0.495. The van der Waals surface area contributed by atoms with Crippen LogP contribution in [0.4, 0.5) is 13.2 Å². The normalized spacial score (nSPS) is 17.0. The SMILES string of the molecule is C=CS(=O)(=O)NCC1CCN(S(=O)(=O)c2ccc(C(=O)NCc3cc(F)c(F)cc3F)cc2)C1. The number of sulfonamides is 2. The average molecular weight is 518 g/mol. The lowest BCUT2D eigenvalue weighted by Gasteiger charge is -2.17. The number of nitrogens with one attached hydrogen (secondary N) is 2. The molecule has 2 aromatic rings. The van der Waals surface area contributed by atoms with E-state index in [2.05, 4.69) is 16.6 Å². The maximum Gasteiger partial charge on any atom is 0.251 e. The fraction of sp³-hybridized carbons (Fsp3) is 0.286. The molecule has 1 fully saturated rings. The number of halogens is 3. The Morgan fingerprint density at radius 2 is 1.71 bits per heavy atom. The number of carbonyl (C=O) groups excluding carboxylic acids is 1. The van der Waals surface area contributed by atoms with Crippen molar-refractivity contribution in [3.8, 4) is 0 Å². The molecule has 0 saturated carbocycles. The van der Waals surface area contributed by atoms with Gasteiger partial charge in [-0.25, -0.2) is 34.7 Å². The molecule has 1 heterocycles. The summed E-state index contributed by atoms with van der Waals surface area (Å²) >= 11 is 0. The standard InChI is InChI=1S/C21H22F3N3O5S2/c1-2-33(29,30)26-11-14-7-8-27(13-14)34(31,32)17-5-3-15(4-6-17)21(28)25-12-16-9-19(23)20(24)10-18(16)22/h2-6,9-10,14,26H,1,7-8,11-13H2,(H,25,28). The van der Waals surface area contributed by atoms with E-state index in [0.717, 1.165) is 5.41 Å². The van der Waals surface area contributed by atoms with Crippen LogP contribution in [0.5, 0.6) is 0 Å². The minimum absolute atomic E-state index is 0.0528. The van der Waals surface area contributed by atoms with Gasteiger partial charge in [0, 0.05) is 48.8 Å². The number of nitrogens with zero attached hydrogens (tertiary/aromatic N) is 1. The van der Waals surface area contributed by atoms with Gasteiger partial charge in [0.25, 0.3) is 5.91 Å². The first-order chi connectivity index (χ1) is 15.9. The van der Waals surface area contributed by atoms with Gasteiger partial charge in [-0.15, -0.1) is 0 Å². The molecule has 0 aromatic heterocycles. The zero-order valence-corrected chi connectivity index (χ0v) is 19.4. The lowest BCUT2D eigenvalue weighted by Crippen LogP contribution is -2.32. The minimum Gasteiger partial charge on any atom is -0.348 e. The molecular weight excluding hydrogens is 495 g/mol. The van der Waals surface area contributed by atoms with Crippen LogP contribution in [0.15, 0.2) is 53.3 Å². The lowest BCUT2D eigenvalue weighted by molar-refractivity contribution is 0.0950. The van der Waals surface area contributed by atoms with Crippen molar-refractivity contribution in [3.63, 3.8) is 0 Å². The molecule has 0 radical (unpaired) electrons. The third-order valence-corrected chi connectivity index (χ3v) is 8.21. The van der Waals surface area contributed by atoms with E-state index in [1.54, 1.807) is 0 Å². The molecule has 13 heteroatoms. The fourth-order valence-electron chi connectivity index (χ4n) is 3.38. The van der Waals surface area contributed by atoms with Crippen molar-refractivity contribution in [2.45, 2.75) is 17.9 Å². The van der Waals surface area contributed by atoms with Gasteiger partial charge in [0.2, 0.25) is 20.0 Å². The highest BCUT2D eigenvalue weighted by atomic mass is 32.2. The highest BCUT2D eigenvalue weighted by molar-refractivity contribution is 7.92. The summed E-state index contributed by atoms with van der Waals surface area (Å²) in [5, 5.41) is 3.14. The molecular formula is C21H22F3N3O5S2. The third-order valence-electron chi connectivity index (χ3n) is 5.32. The van der Waals surface area contributed by atoms with Gasteiger partial charge < -0.3 is 5.32 Å². The molecule has 1 atom stereocenters. The second-order valence-corrected chi connectivity index (χ2v) is 11.3. The molecule has 1 saturated heterocycles. The summed E-state index contributed by atoms with van der Waals surface area (Å²) in [6.07, 6.45) is 0.472. The molecule has 8 nitrogen and oxygen atoms in total. The van der Waals surface area contributed by atoms with Crippen molar-refractivity contribution in [1.82, 2.24) is 14.3 Å². The van der Waals surface area contributed by atoms with Crippen molar-refractivity contribution < 1.29 is 34.8 Å². The van der Waals surface area contributed by atoms with Crippen LogP contribution >= 0.6 is 0 Å². The first kappa shape index (κ1) is 25.9. The molecule has 1 aliphatic heterocycles. The van der Waals surface area contributed by atoms with Gasteiger partial charge in [-0.05, 0) is 42.7 Å². The summed E-state index contributed by atoms with van der Waals surface area (Å²) in [4.78, 5) is 12.2. The van der Waals surface area contributed by atoms with Gasteiger partial charge in [0.05, 0.1) is 4.90 Å². The summed E-state index contributed by atoms with van der Waals surface area (Å²) < 4.78 is 92.3. The predicted octanol–water partition coefficient (Wildman–Crippen LogP) is 2.11. The number of benzene rings is 2. The monoisotopic (exact) mass is 517 g/mol. The summed E-state index contributed by atoms with van der Waals surface area (Å²) in [5.74, 6) is -4.47. The van der Waals surface area contributed by atoms with Crippen LogP contribution in [0.1, 0.15) is 22.3 Å². The first-order valence-electron chi connectivity index (χ1n) is 10.1. The summed E-state index contributed by atoms with van der Waals surface area (Å²) in [5.41, 5.74) is -0.162. The van der Waals surface area contributed by atoms with Crippen LogP contribution in [0.25, 0.3) is 0 Å². The van der Waals surface area contributed by atoms with E-state index in [4.69, 9.17) is 0 Å². The molecule has 1 amide bonds. The highest BCUT2D eigenvalue weighted by Crippen LogP contribution is 2.24. The topological polar surface area (TPSA) is 113 Å². The largest absolute Gasteiger partial charge is 0.348 e. The minimum atomic E-state index is -3.87. The van der Waals surface area contributed by atoms with E-state index in [1.165, 1.54) is 28.6 Å². The molecule has 0 spiro atoms. The Bertz CT molecular complexity index is 1300. The van der Waals surface area contributed by atoms with Gasteiger partial charge in [-0.3, -0.25) is 4.79 Å². The molecule has 1 unspecified atom stereocenters. The van der Waals surface area contributed by atoms with Crippen molar-refractivity contribution in [1.29, 1.82) is 0 Å². The fourth-order valence-corrected chi connectivity index (χ4v) is 5.50. The van der Waals surface area contributed by atoms with E-state index in [0.29, 0.717) is 18.6 Å². The van der Waals surface area contributed by atoms with E-state index in [-0.39, 0.29) is 41.6 Å². The van der Waals surface area contributed by atoms with Crippen molar-refractivity contribution >= 4 is 26.0 Å². The lowest BCUT2D eigenvalue weighted by atomic mass is 10.1. The molecule has 0 aliphatic carbocycles. The van der Waals surface area contributed by atoms with Crippen molar-refractivity contribution in [3.05, 3.63) is 77.0 Å². The van der Waals surface area contributed by atoms with Gasteiger partial charge in [-0.1, -0.05) is 6.58 Å². The summed E-state index contributed by atoms with van der Waals surface area (Å²) in [6.45, 7) is 3.23. The zero-order chi connectivity index (χ0) is 25.1. The Morgan fingerprint density at radius 1 is 1.06 bits per heavy atom. The van der Waals surface area contributed by atoms with E-state index >= 15 is 0 Å². The van der Waals surface area contributed by atoms with E-state index in [9.17, 15) is 34.8 Å². The zero-order valence-electron chi connectivity index (χ0n) is 17.8. The molecule has 34 heavy (non-hydrogen) atoms. The second-order valence-electron chi connectivity index (χ2n) is 7.64. The molecule has 2 N–H and O–H groups in total. The molecule has 2 aromatic carbocycles. The van der Waals surface area contributed by atoms with E-state index < -0.39 is 50.0 Å².